The van der Waals surface area contributed by atoms with E-state index in [1.807, 2.05) is 18.2 Å². The van der Waals surface area contributed by atoms with Gasteiger partial charge in [0.1, 0.15) is 0 Å². The highest BCUT2D eigenvalue weighted by molar-refractivity contribution is 6.19. The molecule has 0 saturated carbocycles. The molecule has 206 valence electrons. The summed E-state index contributed by atoms with van der Waals surface area (Å²) in [6.45, 7) is 0. The lowest BCUT2D eigenvalue weighted by Crippen LogP contribution is -1.96. The summed E-state index contributed by atoms with van der Waals surface area (Å²) in [7, 11) is 0. The Morgan fingerprint density at radius 1 is 0.432 bits per heavy atom. The molecule has 0 bridgehead atoms. The zero-order valence-electron chi connectivity index (χ0n) is 23.8. The van der Waals surface area contributed by atoms with Gasteiger partial charge in [-0.15, -0.1) is 0 Å². The Morgan fingerprint density at radius 2 is 1.11 bits per heavy atom. The second-order valence-corrected chi connectivity index (χ2v) is 11.1. The fourth-order valence-corrected chi connectivity index (χ4v) is 6.55. The van der Waals surface area contributed by atoms with Gasteiger partial charge >= 0.3 is 0 Å². The maximum absolute atomic E-state index is 5.16. The lowest BCUT2D eigenvalue weighted by Gasteiger charge is -2.10. The van der Waals surface area contributed by atoms with E-state index in [4.69, 9.17) is 9.97 Å². The SMILES string of the molecule is c1ccc(-c2nc(-c3ccc4c(c3)c3ccc5c(ccn5-c5ccccc5)c3n4-c3ccccc3)nc3ccccc23)cc1. The molecule has 4 nitrogen and oxygen atoms in total. The summed E-state index contributed by atoms with van der Waals surface area (Å²) in [4.78, 5) is 10.2. The summed E-state index contributed by atoms with van der Waals surface area (Å²) in [5.74, 6) is 0.723. The average Bonchev–Trinajstić information content (AvgIpc) is 3.68. The van der Waals surface area contributed by atoms with Crippen LogP contribution in [0.15, 0.2) is 158 Å². The van der Waals surface area contributed by atoms with Crippen molar-refractivity contribution >= 4 is 43.6 Å². The lowest BCUT2D eigenvalue weighted by atomic mass is 10.0. The Labute approximate surface area is 254 Å². The van der Waals surface area contributed by atoms with Crippen LogP contribution in [-0.4, -0.2) is 19.1 Å². The fourth-order valence-electron chi connectivity index (χ4n) is 6.55. The van der Waals surface area contributed by atoms with Crippen LogP contribution in [0.2, 0.25) is 0 Å². The van der Waals surface area contributed by atoms with Gasteiger partial charge in [-0.3, -0.25) is 0 Å². The molecule has 3 heterocycles. The third kappa shape index (κ3) is 3.78. The summed E-state index contributed by atoms with van der Waals surface area (Å²) >= 11 is 0. The van der Waals surface area contributed by atoms with Crippen LogP contribution in [0.3, 0.4) is 0 Å². The minimum absolute atomic E-state index is 0.723. The van der Waals surface area contributed by atoms with Crippen molar-refractivity contribution in [1.82, 2.24) is 19.1 Å². The molecule has 0 amide bonds. The summed E-state index contributed by atoms with van der Waals surface area (Å²) in [5, 5.41) is 4.64. The van der Waals surface area contributed by atoms with Crippen LogP contribution in [-0.2, 0) is 0 Å². The van der Waals surface area contributed by atoms with E-state index in [1.165, 1.54) is 27.2 Å². The average molecular weight is 563 g/mol. The Morgan fingerprint density at radius 3 is 1.91 bits per heavy atom. The van der Waals surface area contributed by atoms with Crippen LogP contribution in [0.4, 0.5) is 0 Å². The summed E-state index contributed by atoms with van der Waals surface area (Å²) in [6.07, 6.45) is 2.17. The van der Waals surface area contributed by atoms with Gasteiger partial charge in [0.2, 0.25) is 0 Å². The van der Waals surface area contributed by atoms with Crippen LogP contribution in [0, 0.1) is 0 Å². The van der Waals surface area contributed by atoms with E-state index in [9.17, 15) is 0 Å². The Hall–Kier alpha value is -6.00. The number of rotatable bonds is 4. The third-order valence-electron chi connectivity index (χ3n) is 8.55. The van der Waals surface area contributed by atoms with Gasteiger partial charge in [0.25, 0.3) is 0 Å². The van der Waals surface area contributed by atoms with Gasteiger partial charge in [0.15, 0.2) is 5.82 Å². The molecule has 9 rings (SSSR count). The maximum Gasteiger partial charge on any atom is 0.160 e. The first-order valence-corrected chi connectivity index (χ1v) is 14.9. The van der Waals surface area contributed by atoms with Crippen molar-refractivity contribution in [3.63, 3.8) is 0 Å². The first-order valence-electron chi connectivity index (χ1n) is 14.9. The number of fused-ring (bicyclic) bond motifs is 6. The van der Waals surface area contributed by atoms with Gasteiger partial charge < -0.3 is 9.13 Å². The summed E-state index contributed by atoms with van der Waals surface area (Å²) in [6, 6.07) is 53.2. The molecule has 0 N–H and O–H groups in total. The van der Waals surface area contributed by atoms with E-state index >= 15 is 0 Å². The quantitative estimate of drug-likeness (QED) is 0.214. The van der Waals surface area contributed by atoms with Gasteiger partial charge in [-0.25, -0.2) is 9.97 Å². The number of para-hydroxylation sites is 3. The molecule has 4 heteroatoms. The molecule has 44 heavy (non-hydrogen) atoms. The molecular formula is C40H26N4. The van der Waals surface area contributed by atoms with Crippen LogP contribution < -0.4 is 0 Å². The highest BCUT2D eigenvalue weighted by Gasteiger charge is 2.19. The van der Waals surface area contributed by atoms with E-state index in [0.29, 0.717) is 0 Å². The van der Waals surface area contributed by atoms with Crippen molar-refractivity contribution in [2.75, 3.05) is 0 Å². The number of nitrogens with zero attached hydrogens (tertiary/aromatic N) is 4. The Balaban J connectivity index is 1.32. The minimum Gasteiger partial charge on any atom is -0.316 e. The molecule has 0 fully saturated rings. The van der Waals surface area contributed by atoms with Crippen molar-refractivity contribution in [3.05, 3.63) is 158 Å². The largest absolute Gasteiger partial charge is 0.316 e. The number of hydrogen-bond acceptors (Lipinski definition) is 2. The molecule has 0 aliphatic heterocycles. The predicted molar refractivity (Wildman–Crippen MR) is 182 cm³/mol. The highest BCUT2D eigenvalue weighted by Crippen LogP contribution is 2.39. The second-order valence-electron chi connectivity index (χ2n) is 11.1. The summed E-state index contributed by atoms with van der Waals surface area (Å²) < 4.78 is 4.66. The normalized spacial score (nSPS) is 11.6. The van der Waals surface area contributed by atoms with Gasteiger partial charge in [0.05, 0.1) is 27.8 Å². The van der Waals surface area contributed by atoms with Crippen LogP contribution in [0.5, 0.6) is 0 Å². The molecule has 6 aromatic carbocycles. The van der Waals surface area contributed by atoms with Crippen LogP contribution in [0.1, 0.15) is 0 Å². The monoisotopic (exact) mass is 562 g/mol. The number of benzene rings is 6. The summed E-state index contributed by atoms with van der Waals surface area (Å²) in [5.41, 5.74) is 9.76. The highest BCUT2D eigenvalue weighted by atomic mass is 15.0. The van der Waals surface area contributed by atoms with Crippen molar-refractivity contribution in [1.29, 1.82) is 0 Å². The van der Waals surface area contributed by atoms with Crippen LogP contribution >= 0.6 is 0 Å². The van der Waals surface area contributed by atoms with Gasteiger partial charge in [-0.05, 0) is 60.7 Å². The molecular weight excluding hydrogens is 536 g/mol. The third-order valence-corrected chi connectivity index (χ3v) is 8.55. The Bertz CT molecular complexity index is 2470. The van der Waals surface area contributed by atoms with E-state index in [2.05, 4.69) is 149 Å². The molecule has 0 aliphatic rings. The maximum atomic E-state index is 5.16. The Kier molecular flexibility index (Phi) is 5.47. The molecule has 0 radical (unpaired) electrons. The van der Waals surface area contributed by atoms with E-state index < -0.39 is 0 Å². The second kappa shape index (κ2) is 9.79. The van der Waals surface area contributed by atoms with E-state index in [0.717, 1.165) is 50.4 Å². The zero-order valence-corrected chi connectivity index (χ0v) is 23.8. The molecule has 0 unspecified atom stereocenters. The first kappa shape index (κ1) is 24.6. The number of aromatic nitrogens is 4. The molecule has 0 atom stereocenters. The zero-order chi connectivity index (χ0) is 29.0. The van der Waals surface area contributed by atoms with Gasteiger partial charge in [0, 0.05) is 50.2 Å². The van der Waals surface area contributed by atoms with Crippen molar-refractivity contribution in [3.8, 4) is 34.0 Å². The molecule has 0 saturated heterocycles. The number of hydrogen-bond donors (Lipinski definition) is 0. The van der Waals surface area contributed by atoms with Crippen LogP contribution in [0.25, 0.3) is 77.6 Å². The fraction of sp³-hybridized carbons (Fsp3) is 0. The van der Waals surface area contributed by atoms with Crippen molar-refractivity contribution in [2.24, 2.45) is 0 Å². The molecule has 0 spiro atoms. The van der Waals surface area contributed by atoms with E-state index in [-0.39, 0.29) is 0 Å². The van der Waals surface area contributed by atoms with Gasteiger partial charge in [-0.2, -0.15) is 0 Å². The predicted octanol–water partition coefficient (Wildman–Crippen LogP) is 10.0. The van der Waals surface area contributed by atoms with Crippen molar-refractivity contribution < 1.29 is 0 Å². The first-order chi connectivity index (χ1) is 21.8. The standard InChI is InChI=1S/C40H26N4/c1-4-12-27(13-5-1)38-32-18-10-11-19-35(32)41-40(42-38)28-20-22-37-34(26-28)31-21-23-36-33(24-25-43(36)29-14-6-2-7-15-29)39(31)44(37)30-16-8-3-9-17-30/h1-26H. The topological polar surface area (TPSA) is 35.6 Å². The van der Waals surface area contributed by atoms with Gasteiger partial charge in [-0.1, -0.05) is 91.0 Å². The van der Waals surface area contributed by atoms with E-state index in [1.54, 1.807) is 0 Å². The molecule has 0 aliphatic carbocycles. The van der Waals surface area contributed by atoms with Crippen molar-refractivity contribution in [2.45, 2.75) is 0 Å². The molecule has 3 aromatic heterocycles. The molecule has 9 aromatic rings. The smallest absolute Gasteiger partial charge is 0.160 e. The minimum atomic E-state index is 0.723. The lowest BCUT2D eigenvalue weighted by molar-refractivity contribution is 1.13.